The average Bonchev–Trinajstić information content (AvgIpc) is 3.13. The second kappa shape index (κ2) is 5.83. The zero-order valence-corrected chi connectivity index (χ0v) is 15.2. The van der Waals surface area contributed by atoms with E-state index in [-0.39, 0.29) is 22.8 Å². The number of nitrogens with one attached hydrogen (secondary N) is 1. The number of rotatable bonds is 3. The third-order valence-corrected chi connectivity index (χ3v) is 7.62. The minimum absolute atomic E-state index is 0.0139. The molecule has 4 aliphatic rings. The van der Waals surface area contributed by atoms with E-state index in [1.54, 1.807) is 0 Å². The number of hydrogen-bond acceptors (Lipinski definition) is 4. The Hall–Kier alpha value is -1.85. The molecule has 3 atom stereocenters. The van der Waals surface area contributed by atoms with Crippen molar-refractivity contribution < 1.29 is 14.0 Å². The van der Waals surface area contributed by atoms with Crippen molar-refractivity contribution in [2.75, 3.05) is 13.1 Å². The number of likely N-dealkylation sites (tertiary alicyclic amines) is 1. The van der Waals surface area contributed by atoms with Crippen LogP contribution in [0.4, 0.5) is 0 Å². The summed E-state index contributed by atoms with van der Waals surface area (Å²) in [5.74, 6) is 0.892. The Kier molecular flexibility index (Phi) is 3.66. The van der Waals surface area contributed by atoms with Gasteiger partial charge in [0.2, 0.25) is 5.91 Å². The van der Waals surface area contributed by atoms with Gasteiger partial charge in [-0.15, -0.1) is 0 Å². The molecule has 3 saturated carbocycles. The summed E-state index contributed by atoms with van der Waals surface area (Å²) in [5.41, 5.74) is 0.378. The highest BCUT2D eigenvalue weighted by Crippen LogP contribution is 2.62. The van der Waals surface area contributed by atoms with Crippen LogP contribution in [0.3, 0.4) is 0 Å². The average molecular weight is 357 g/mol. The second-order valence-corrected chi connectivity index (χ2v) is 8.93. The number of hydrogen-bond donors (Lipinski definition) is 1. The topological polar surface area (TPSA) is 75.4 Å². The first-order valence-corrected chi connectivity index (χ1v) is 10.1. The smallest absolute Gasteiger partial charge is 0.273 e. The van der Waals surface area contributed by atoms with E-state index in [4.69, 9.17) is 4.42 Å². The number of fused-ring (bicyclic) bond motifs is 1. The molecule has 3 aliphatic carbocycles. The van der Waals surface area contributed by atoms with E-state index in [9.17, 15) is 9.59 Å². The van der Waals surface area contributed by atoms with Crippen LogP contribution < -0.4 is 5.32 Å². The molecule has 1 aromatic rings. The van der Waals surface area contributed by atoms with E-state index >= 15 is 0 Å². The Labute approximate surface area is 153 Å². The van der Waals surface area contributed by atoms with Crippen molar-refractivity contribution in [1.82, 2.24) is 15.2 Å². The number of carbonyl (C=O) groups excluding carboxylic acids is 2. The van der Waals surface area contributed by atoms with Gasteiger partial charge in [-0.05, 0) is 44.4 Å². The minimum atomic E-state index is -0.164. The molecule has 2 amide bonds. The predicted octanol–water partition coefficient (Wildman–Crippen LogP) is 2.76. The Morgan fingerprint density at radius 2 is 2.08 bits per heavy atom. The Bertz CT molecular complexity index is 712. The van der Waals surface area contributed by atoms with Crippen LogP contribution in [-0.4, -0.2) is 40.8 Å². The molecule has 0 radical (unpaired) electrons. The first kappa shape index (κ1) is 16.3. The van der Waals surface area contributed by atoms with Crippen LogP contribution in [0, 0.1) is 16.7 Å². The van der Waals surface area contributed by atoms with Crippen LogP contribution in [0.5, 0.6) is 0 Å². The molecule has 140 valence electrons. The molecular weight excluding hydrogens is 330 g/mol. The van der Waals surface area contributed by atoms with E-state index in [0.717, 1.165) is 45.2 Å². The molecule has 1 aromatic heterocycles. The molecule has 1 N–H and O–H groups in total. The van der Waals surface area contributed by atoms with Gasteiger partial charge >= 0.3 is 0 Å². The minimum Gasteiger partial charge on any atom is -0.451 e. The van der Waals surface area contributed by atoms with Gasteiger partial charge in [0.05, 0.1) is 5.41 Å². The molecule has 6 nitrogen and oxygen atoms in total. The summed E-state index contributed by atoms with van der Waals surface area (Å²) in [7, 11) is 0. The van der Waals surface area contributed by atoms with Crippen molar-refractivity contribution in [2.24, 2.45) is 16.7 Å². The summed E-state index contributed by atoms with van der Waals surface area (Å²) in [6, 6.07) is 0.128. The molecule has 0 bridgehead atoms. The quantitative estimate of drug-likeness (QED) is 0.902. The molecule has 0 aromatic carbocycles. The fourth-order valence-corrected chi connectivity index (χ4v) is 5.83. The van der Waals surface area contributed by atoms with E-state index < -0.39 is 0 Å². The normalized spacial score (nSPS) is 34.7. The number of amides is 2. The van der Waals surface area contributed by atoms with E-state index in [2.05, 4.69) is 15.2 Å². The summed E-state index contributed by atoms with van der Waals surface area (Å²) < 4.78 is 4.92. The number of piperidine rings is 1. The molecule has 6 heteroatoms. The van der Waals surface area contributed by atoms with E-state index in [1.807, 2.05) is 0 Å². The van der Waals surface area contributed by atoms with Crippen LogP contribution in [0.25, 0.3) is 0 Å². The molecule has 5 rings (SSSR count). The number of oxazole rings is 1. The maximum absolute atomic E-state index is 13.3. The van der Waals surface area contributed by atoms with Crippen molar-refractivity contribution in [3.8, 4) is 0 Å². The summed E-state index contributed by atoms with van der Waals surface area (Å²) in [5, 5.41) is 3.17. The summed E-state index contributed by atoms with van der Waals surface area (Å²) in [6.07, 6.45) is 12.8. The highest BCUT2D eigenvalue weighted by Gasteiger charge is 2.62. The van der Waals surface area contributed by atoms with Crippen molar-refractivity contribution in [3.63, 3.8) is 0 Å². The van der Waals surface area contributed by atoms with Gasteiger partial charge in [-0.2, -0.15) is 0 Å². The predicted molar refractivity (Wildman–Crippen MR) is 94.2 cm³/mol. The van der Waals surface area contributed by atoms with Gasteiger partial charge in [-0.25, -0.2) is 4.98 Å². The highest BCUT2D eigenvalue weighted by atomic mass is 16.3. The molecular formula is C20H27N3O3. The summed E-state index contributed by atoms with van der Waals surface area (Å²) in [6.45, 7) is 1.57. The van der Waals surface area contributed by atoms with Gasteiger partial charge in [0, 0.05) is 24.5 Å². The van der Waals surface area contributed by atoms with Crippen LogP contribution in [0.15, 0.2) is 17.1 Å². The van der Waals surface area contributed by atoms with Gasteiger partial charge in [-0.1, -0.05) is 19.3 Å². The molecule has 1 aliphatic heterocycles. The molecule has 3 unspecified atom stereocenters. The van der Waals surface area contributed by atoms with Crippen molar-refractivity contribution in [1.29, 1.82) is 0 Å². The van der Waals surface area contributed by atoms with Crippen molar-refractivity contribution >= 4 is 11.8 Å². The maximum atomic E-state index is 13.3. The Morgan fingerprint density at radius 1 is 1.19 bits per heavy atom. The highest BCUT2D eigenvalue weighted by molar-refractivity contribution is 5.92. The van der Waals surface area contributed by atoms with Gasteiger partial charge in [-0.3, -0.25) is 9.59 Å². The standard InChI is InChI=1S/C20H27N3O3/c24-17(15-11-26-13-21-15)22-16-5-9-23(12-19(16)6-3-7-19)18(25)20-8-2-1-4-14(20)10-20/h11,13-14,16H,1-10,12H2,(H,22,24). The number of carbonyl (C=O) groups is 2. The summed E-state index contributed by atoms with van der Waals surface area (Å²) >= 11 is 0. The number of aromatic nitrogens is 1. The second-order valence-electron chi connectivity index (χ2n) is 8.93. The van der Waals surface area contributed by atoms with Crippen molar-refractivity contribution in [3.05, 3.63) is 18.4 Å². The lowest BCUT2D eigenvalue weighted by molar-refractivity contribution is -0.145. The van der Waals surface area contributed by atoms with Crippen LogP contribution in [-0.2, 0) is 4.79 Å². The zero-order chi connectivity index (χ0) is 17.8. The maximum Gasteiger partial charge on any atom is 0.273 e. The Balaban J connectivity index is 1.28. The molecule has 26 heavy (non-hydrogen) atoms. The SMILES string of the molecule is O=C(NC1CCN(C(=O)C23CCCCC2C3)CC12CCC2)c1cocn1. The largest absolute Gasteiger partial charge is 0.451 e. The molecule has 1 spiro atoms. The van der Waals surface area contributed by atoms with Crippen molar-refractivity contribution in [2.45, 2.75) is 63.8 Å². The lowest BCUT2D eigenvalue weighted by atomic mass is 9.61. The van der Waals surface area contributed by atoms with Gasteiger partial charge in [0.1, 0.15) is 6.26 Å². The van der Waals surface area contributed by atoms with Crippen LogP contribution in [0.1, 0.15) is 68.3 Å². The fraction of sp³-hybridized carbons (Fsp3) is 0.750. The summed E-state index contributed by atoms with van der Waals surface area (Å²) in [4.78, 5) is 31.8. The molecule has 4 fully saturated rings. The first-order chi connectivity index (χ1) is 12.6. The fourth-order valence-electron chi connectivity index (χ4n) is 5.83. The van der Waals surface area contributed by atoms with Crippen LogP contribution >= 0.6 is 0 Å². The van der Waals surface area contributed by atoms with E-state index in [1.165, 1.54) is 38.3 Å². The first-order valence-electron chi connectivity index (χ1n) is 10.1. The monoisotopic (exact) mass is 357 g/mol. The lowest BCUT2D eigenvalue weighted by Gasteiger charge is -2.54. The van der Waals surface area contributed by atoms with Gasteiger partial charge < -0.3 is 14.6 Å². The lowest BCUT2D eigenvalue weighted by Crippen LogP contribution is -2.62. The third kappa shape index (κ3) is 2.41. The molecule has 1 saturated heterocycles. The van der Waals surface area contributed by atoms with Gasteiger partial charge in [0.15, 0.2) is 12.1 Å². The number of nitrogens with zero attached hydrogens (tertiary/aromatic N) is 2. The van der Waals surface area contributed by atoms with Gasteiger partial charge in [0.25, 0.3) is 5.91 Å². The Morgan fingerprint density at radius 3 is 2.77 bits per heavy atom. The third-order valence-electron chi connectivity index (χ3n) is 7.62. The molecule has 2 heterocycles. The zero-order valence-electron chi connectivity index (χ0n) is 15.2. The van der Waals surface area contributed by atoms with Crippen LogP contribution in [0.2, 0.25) is 0 Å². The van der Waals surface area contributed by atoms with E-state index in [0.29, 0.717) is 17.5 Å².